The fourth-order valence-electron chi connectivity index (χ4n) is 1.75. The molecule has 0 bridgehead atoms. The number of phenols is 1. The van der Waals surface area contributed by atoms with Crippen LogP contribution in [-0.4, -0.2) is 34.8 Å². The second kappa shape index (κ2) is 5.09. The van der Waals surface area contributed by atoms with Crippen molar-refractivity contribution in [3.63, 3.8) is 0 Å². The topological polar surface area (TPSA) is 132 Å². The Morgan fingerprint density at radius 1 is 1.33 bits per heavy atom. The Hall–Kier alpha value is -2.55. The molecule has 2 rings (SSSR count). The predicted octanol–water partition coefficient (Wildman–Crippen LogP) is 1.23. The molecule has 2 aromatic rings. The standard InChI is InChI=1S/C12H13N3O5S/c1-6-11(7(2)14-13-6)15-21(19,20)8-3-4-10(16)9(5-8)12(17)18/h3-5,15-16H,1-2H3,(H,13,14)(H,17,18). The number of carboxylic acid groups (broad SMARTS) is 1. The van der Waals surface area contributed by atoms with E-state index in [9.17, 15) is 18.3 Å². The van der Waals surface area contributed by atoms with Crippen molar-refractivity contribution in [2.45, 2.75) is 18.7 Å². The van der Waals surface area contributed by atoms with Gasteiger partial charge in [0.15, 0.2) is 0 Å². The molecule has 0 fully saturated rings. The van der Waals surface area contributed by atoms with E-state index >= 15 is 0 Å². The summed E-state index contributed by atoms with van der Waals surface area (Å²) in [4.78, 5) is 10.7. The Balaban J connectivity index is 2.45. The number of hydrogen-bond acceptors (Lipinski definition) is 5. The maximum absolute atomic E-state index is 12.3. The molecule has 0 aliphatic carbocycles. The van der Waals surface area contributed by atoms with E-state index in [0.717, 1.165) is 18.2 Å². The zero-order valence-corrected chi connectivity index (χ0v) is 12.0. The van der Waals surface area contributed by atoms with Crippen molar-refractivity contribution < 1.29 is 23.4 Å². The Labute approximate surface area is 120 Å². The molecule has 0 aliphatic rings. The number of sulfonamides is 1. The Morgan fingerprint density at radius 3 is 2.52 bits per heavy atom. The lowest BCUT2D eigenvalue weighted by Crippen LogP contribution is -2.14. The SMILES string of the molecule is Cc1n[nH]c(C)c1NS(=O)(=O)c1ccc(O)c(C(=O)O)c1. The molecule has 0 unspecified atom stereocenters. The van der Waals surface area contributed by atoms with Crippen molar-refractivity contribution in [3.8, 4) is 5.75 Å². The van der Waals surface area contributed by atoms with Gasteiger partial charge in [-0.3, -0.25) is 9.82 Å². The van der Waals surface area contributed by atoms with E-state index in [4.69, 9.17) is 5.11 Å². The van der Waals surface area contributed by atoms with E-state index in [2.05, 4.69) is 14.9 Å². The van der Waals surface area contributed by atoms with E-state index in [1.165, 1.54) is 0 Å². The number of H-pyrrole nitrogens is 1. The van der Waals surface area contributed by atoms with Gasteiger partial charge in [-0.2, -0.15) is 5.10 Å². The van der Waals surface area contributed by atoms with Gasteiger partial charge in [0.25, 0.3) is 10.0 Å². The molecule has 1 aromatic heterocycles. The van der Waals surface area contributed by atoms with Crippen molar-refractivity contribution in [1.29, 1.82) is 0 Å². The minimum Gasteiger partial charge on any atom is -0.507 e. The molecule has 1 aromatic carbocycles. The maximum Gasteiger partial charge on any atom is 0.339 e. The third-order valence-corrected chi connectivity index (χ3v) is 4.22. The molecule has 9 heteroatoms. The van der Waals surface area contributed by atoms with Gasteiger partial charge < -0.3 is 10.2 Å². The summed E-state index contributed by atoms with van der Waals surface area (Å²) in [5.41, 5.74) is 0.820. The number of carbonyl (C=O) groups is 1. The van der Waals surface area contributed by atoms with E-state index < -0.39 is 27.3 Å². The molecule has 0 aliphatic heterocycles. The molecule has 112 valence electrons. The van der Waals surface area contributed by atoms with Crippen LogP contribution in [0.25, 0.3) is 0 Å². The summed E-state index contributed by atoms with van der Waals surface area (Å²) in [6.07, 6.45) is 0. The van der Waals surface area contributed by atoms with E-state index in [1.807, 2.05) is 0 Å². The monoisotopic (exact) mass is 311 g/mol. The van der Waals surface area contributed by atoms with Crippen LogP contribution < -0.4 is 4.72 Å². The normalized spacial score (nSPS) is 11.3. The number of aromatic amines is 1. The molecule has 0 atom stereocenters. The average molecular weight is 311 g/mol. The highest BCUT2D eigenvalue weighted by molar-refractivity contribution is 7.92. The van der Waals surface area contributed by atoms with Crippen molar-refractivity contribution in [1.82, 2.24) is 10.2 Å². The van der Waals surface area contributed by atoms with Gasteiger partial charge in [0, 0.05) is 0 Å². The molecule has 4 N–H and O–H groups in total. The van der Waals surface area contributed by atoms with Crippen LogP contribution in [-0.2, 0) is 10.0 Å². The molecule has 0 saturated carbocycles. The van der Waals surface area contributed by atoms with Crippen LogP contribution >= 0.6 is 0 Å². The lowest BCUT2D eigenvalue weighted by Gasteiger charge is -2.09. The van der Waals surface area contributed by atoms with Gasteiger partial charge in [-0.05, 0) is 32.0 Å². The van der Waals surface area contributed by atoms with Gasteiger partial charge in [-0.15, -0.1) is 0 Å². The summed E-state index contributed by atoms with van der Waals surface area (Å²) < 4.78 is 26.9. The largest absolute Gasteiger partial charge is 0.507 e. The van der Waals surface area contributed by atoms with Gasteiger partial charge in [-0.1, -0.05) is 0 Å². The second-order valence-electron chi connectivity index (χ2n) is 4.40. The number of aromatic hydroxyl groups is 1. The van der Waals surface area contributed by atoms with Crippen molar-refractivity contribution in [2.24, 2.45) is 0 Å². The van der Waals surface area contributed by atoms with Gasteiger partial charge >= 0.3 is 5.97 Å². The fraction of sp³-hybridized carbons (Fsp3) is 0.167. The molecule has 8 nitrogen and oxygen atoms in total. The van der Waals surface area contributed by atoms with Crippen molar-refractivity contribution >= 4 is 21.7 Å². The predicted molar refractivity (Wildman–Crippen MR) is 73.9 cm³/mol. The van der Waals surface area contributed by atoms with Crippen LogP contribution in [0.15, 0.2) is 23.1 Å². The van der Waals surface area contributed by atoms with Crippen LogP contribution in [0.5, 0.6) is 5.75 Å². The Morgan fingerprint density at radius 2 is 2.00 bits per heavy atom. The highest BCUT2D eigenvalue weighted by Gasteiger charge is 2.21. The average Bonchev–Trinajstić information content (AvgIpc) is 2.70. The van der Waals surface area contributed by atoms with Crippen LogP contribution in [0, 0.1) is 13.8 Å². The van der Waals surface area contributed by atoms with Crippen molar-refractivity contribution in [2.75, 3.05) is 4.72 Å². The summed E-state index contributed by atoms with van der Waals surface area (Å²) >= 11 is 0. The molecular formula is C12H13N3O5S. The number of benzene rings is 1. The molecule has 0 radical (unpaired) electrons. The number of aromatic carboxylic acids is 1. The van der Waals surface area contributed by atoms with E-state index in [-0.39, 0.29) is 4.90 Å². The first kappa shape index (κ1) is 14.9. The Kier molecular flexibility index (Phi) is 3.60. The van der Waals surface area contributed by atoms with Crippen LogP contribution in [0.4, 0.5) is 5.69 Å². The van der Waals surface area contributed by atoms with Crippen LogP contribution in [0.2, 0.25) is 0 Å². The summed E-state index contributed by atoms with van der Waals surface area (Å²) in [6, 6.07) is 3.03. The van der Waals surface area contributed by atoms with Gasteiger partial charge in [0.2, 0.25) is 0 Å². The number of anilines is 1. The van der Waals surface area contributed by atoms with Crippen molar-refractivity contribution in [3.05, 3.63) is 35.2 Å². The minimum atomic E-state index is -3.99. The molecule has 1 heterocycles. The summed E-state index contributed by atoms with van der Waals surface area (Å²) in [6.45, 7) is 3.28. The number of rotatable bonds is 4. The maximum atomic E-state index is 12.3. The zero-order valence-electron chi connectivity index (χ0n) is 11.2. The molecule has 0 saturated heterocycles. The number of carboxylic acids is 1. The Bertz CT molecular complexity index is 791. The van der Waals surface area contributed by atoms with E-state index in [1.54, 1.807) is 13.8 Å². The second-order valence-corrected chi connectivity index (χ2v) is 6.08. The summed E-state index contributed by atoms with van der Waals surface area (Å²) in [5.74, 6) is -1.92. The third kappa shape index (κ3) is 2.82. The first-order chi connectivity index (χ1) is 9.72. The first-order valence-corrected chi connectivity index (χ1v) is 7.31. The fourth-order valence-corrected chi connectivity index (χ4v) is 2.96. The quantitative estimate of drug-likeness (QED) is 0.671. The first-order valence-electron chi connectivity index (χ1n) is 5.83. The number of aromatic nitrogens is 2. The zero-order chi connectivity index (χ0) is 15.8. The highest BCUT2D eigenvalue weighted by atomic mass is 32.2. The van der Waals surface area contributed by atoms with Gasteiger partial charge in [0.1, 0.15) is 11.3 Å². The minimum absolute atomic E-state index is 0.266. The lowest BCUT2D eigenvalue weighted by molar-refractivity contribution is 0.0693. The lowest BCUT2D eigenvalue weighted by atomic mass is 10.2. The van der Waals surface area contributed by atoms with Crippen LogP contribution in [0.3, 0.4) is 0 Å². The number of nitrogens with zero attached hydrogens (tertiary/aromatic N) is 1. The van der Waals surface area contributed by atoms with E-state index in [0.29, 0.717) is 17.1 Å². The highest BCUT2D eigenvalue weighted by Crippen LogP contribution is 2.25. The smallest absolute Gasteiger partial charge is 0.339 e. The number of nitrogens with one attached hydrogen (secondary N) is 2. The summed E-state index contributed by atoms with van der Waals surface area (Å²) in [7, 11) is -3.99. The third-order valence-electron chi connectivity index (χ3n) is 2.87. The van der Waals surface area contributed by atoms with Crippen LogP contribution in [0.1, 0.15) is 21.7 Å². The summed E-state index contributed by atoms with van der Waals surface area (Å²) in [5, 5.41) is 24.8. The molecule has 21 heavy (non-hydrogen) atoms. The molecule has 0 amide bonds. The van der Waals surface area contributed by atoms with Gasteiger partial charge in [-0.25, -0.2) is 13.2 Å². The number of aryl methyl sites for hydroxylation is 2. The number of hydrogen-bond donors (Lipinski definition) is 4. The van der Waals surface area contributed by atoms with Gasteiger partial charge in [0.05, 0.1) is 22.0 Å². The molecular weight excluding hydrogens is 298 g/mol. The molecule has 0 spiro atoms.